The molecule has 0 unspecified atom stereocenters. The maximum absolute atomic E-state index is 12.0. The number of hydrogen-bond donors (Lipinski definition) is 2. The molecule has 0 heterocycles. The molecule has 0 aromatic rings. The van der Waals surface area contributed by atoms with Gasteiger partial charge >= 0.3 is 5.97 Å². The summed E-state index contributed by atoms with van der Waals surface area (Å²) in [4.78, 5) is 16.8. The van der Waals surface area contributed by atoms with E-state index in [9.17, 15) is 4.79 Å². The molecular formula is C13H27N3O2. The molecule has 0 saturated carbocycles. The second-order valence-corrected chi connectivity index (χ2v) is 5.86. The summed E-state index contributed by atoms with van der Waals surface area (Å²) in [6, 6.07) is 0. The van der Waals surface area contributed by atoms with Crippen LogP contribution in [-0.4, -0.2) is 11.9 Å². The van der Waals surface area contributed by atoms with E-state index < -0.39 is 11.4 Å². The van der Waals surface area contributed by atoms with Gasteiger partial charge in [0.25, 0.3) is 0 Å². The summed E-state index contributed by atoms with van der Waals surface area (Å²) in [6.45, 7) is 10.0. The van der Waals surface area contributed by atoms with Crippen molar-refractivity contribution < 1.29 is 9.63 Å². The fourth-order valence-electron chi connectivity index (χ4n) is 1.61. The molecular weight excluding hydrogens is 230 g/mol. The lowest BCUT2D eigenvalue weighted by atomic mass is 9.65. The molecule has 0 amide bonds. The van der Waals surface area contributed by atoms with Crippen molar-refractivity contribution in [3.8, 4) is 0 Å². The van der Waals surface area contributed by atoms with Crippen LogP contribution in [-0.2, 0) is 9.63 Å². The number of nitrogens with zero attached hydrogens (tertiary/aromatic N) is 1. The third kappa shape index (κ3) is 4.55. The zero-order valence-electron chi connectivity index (χ0n) is 12.2. The van der Waals surface area contributed by atoms with E-state index in [1.807, 2.05) is 13.8 Å². The third-order valence-electron chi connectivity index (χ3n) is 3.84. The Morgan fingerprint density at radius 2 is 1.72 bits per heavy atom. The maximum Gasteiger partial charge on any atom is 0.341 e. The normalized spacial score (nSPS) is 12.1. The quantitative estimate of drug-likeness (QED) is 0.241. The monoisotopic (exact) mass is 257 g/mol. The Bertz CT molecular complexity index is 305. The van der Waals surface area contributed by atoms with Gasteiger partial charge in [-0.3, -0.25) is 0 Å². The first-order valence-electron chi connectivity index (χ1n) is 6.45. The van der Waals surface area contributed by atoms with E-state index in [1.165, 1.54) is 6.42 Å². The average Bonchev–Trinajstić information content (AvgIpc) is 2.25. The van der Waals surface area contributed by atoms with Crippen molar-refractivity contribution in [3.05, 3.63) is 0 Å². The van der Waals surface area contributed by atoms with Crippen molar-refractivity contribution in [3.63, 3.8) is 0 Å². The zero-order chi connectivity index (χ0) is 14.4. The van der Waals surface area contributed by atoms with Gasteiger partial charge in [0.05, 0.1) is 5.41 Å². The summed E-state index contributed by atoms with van der Waals surface area (Å²) in [5.41, 5.74) is 9.48. The molecule has 0 aliphatic rings. The first-order chi connectivity index (χ1) is 8.15. The van der Waals surface area contributed by atoms with Gasteiger partial charge in [-0.15, -0.1) is 0 Å². The Morgan fingerprint density at radius 3 is 2.17 bits per heavy atom. The molecule has 0 aliphatic heterocycles. The molecule has 0 spiro atoms. The predicted octanol–water partition coefficient (Wildman–Crippen LogP) is 2.35. The number of carbonyl (C=O) groups excluding carboxylic acids is 1. The van der Waals surface area contributed by atoms with Gasteiger partial charge in [-0.2, -0.15) is 0 Å². The largest absolute Gasteiger partial charge is 0.367 e. The van der Waals surface area contributed by atoms with Crippen molar-refractivity contribution in [1.29, 1.82) is 0 Å². The minimum absolute atomic E-state index is 0.169. The molecule has 0 aliphatic carbocycles. The van der Waals surface area contributed by atoms with Crippen LogP contribution in [0.25, 0.3) is 0 Å². The van der Waals surface area contributed by atoms with Crippen molar-refractivity contribution in [1.82, 2.24) is 0 Å². The number of hydrogen-bond acceptors (Lipinski definition) is 3. The molecule has 0 fully saturated rings. The van der Waals surface area contributed by atoms with Crippen LogP contribution >= 0.6 is 0 Å². The summed E-state index contributed by atoms with van der Waals surface area (Å²) < 4.78 is 0. The number of guanidine groups is 1. The minimum Gasteiger partial charge on any atom is -0.367 e. The molecule has 0 atom stereocenters. The van der Waals surface area contributed by atoms with Crippen LogP contribution in [0.3, 0.4) is 0 Å². The summed E-state index contributed by atoms with van der Waals surface area (Å²) in [7, 11) is 0. The lowest BCUT2D eigenvalue weighted by molar-refractivity contribution is -0.161. The summed E-state index contributed by atoms with van der Waals surface area (Å²) >= 11 is 0. The number of unbranched alkanes of at least 4 members (excludes halogenated alkanes) is 2. The van der Waals surface area contributed by atoms with Crippen LogP contribution in [0, 0.1) is 10.8 Å². The first kappa shape index (κ1) is 16.7. The van der Waals surface area contributed by atoms with Gasteiger partial charge in [0.1, 0.15) is 0 Å². The van der Waals surface area contributed by atoms with Crippen molar-refractivity contribution in [2.24, 2.45) is 27.5 Å². The molecule has 0 aromatic heterocycles. The van der Waals surface area contributed by atoms with Gasteiger partial charge in [0, 0.05) is 0 Å². The molecule has 0 aromatic carbocycles. The van der Waals surface area contributed by atoms with E-state index in [0.29, 0.717) is 0 Å². The average molecular weight is 257 g/mol. The summed E-state index contributed by atoms with van der Waals surface area (Å²) in [5, 5.41) is 3.32. The van der Waals surface area contributed by atoms with Gasteiger partial charge in [-0.25, -0.2) is 4.79 Å². The minimum atomic E-state index is -0.639. The molecule has 5 heteroatoms. The smallest absolute Gasteiger partial charge is 0.341 e. The molecule has 0 bridgehead atoms. The van der Waals surface area contributed by atoms with E-state index in [0.717, 1.165) is 19.3 Å². The highest BCUT2D eigenvalue weighted by atomic mass is 16.7. The van der Waals surface area contributed by atoms with Crippen LogP contribution in [0.5, 0.6) is 0 Å². The Kier molecular flexibility index (Phi) is 6.15. The van der Waals surface area contributed by atoms with Crippen LogP contribution in [0.4, 0.5) is 0 Å². The molecule has 5 nitrogen and oxygen atoms in total. The number of carbonyl (C=O) groups is 1. The molecule has 0 radical (unpaired) electrons. The van der Waals surface area contributed by atoms with E-state index in [4.69, 9.17) is 16.3 Å². The van der Waals surface area contributed by atoms with Crippen molar-refractivity contribution in [2.75, 3.05) is 0 Å². The van der Waals surface area contributed by atoms with Crippen LogP contribution < -0.4 is 11.5 Å². The highest BCUT2D eigenvalue weighted by Gasteiger charge is 2.44. The second kappa shape index (κ2) is 6.61. The van der Waals surface area contributed by atoms with E-state index in [-0.39, 0.29) is 11.4 Å². The number of rotatable bonds is 7. The second-order valence-electron chi connectivity index (χ2n) is 5.86. The van der Waals surface area contributed by atoms with Gasteiger partial charge in [0.15, 0.2) is 0 Å². The standard InChI is InChI=1S/C13H27N3O2/c1-6-7-8-9-12(2,3)13(4,5)10(17)18-16-11(14)15/h6-9H2,1-5H3,(H4,14,15,16). The molecule has 0 rings (SSSR count). The SMILES string of the molecule is CCCCCC(C)(C)C(C)(C)C(=O)ON=C(N)N. The lowest BCUT2D eigenvalue weighted by Gasteiger charge is -2.38. The highest BCUT2D eigenvalue weighted by Crippen LogP contribution is 2.43. The van der Waals surface area contributed by atoms with Crippen LogP contribution in [0.2, 0.25) is 0 Å². The van der Waals surface area contributed by atoms with Crippen molar-refractivity contribution in [2.45, 2.75) is 60.3 Å². The third-order valence-corrected chi connectivity index (χ3v) is 3.84. The van der Waals surface area contributed by atoms with Crippen LogP contribution in [0.1, 0.15) is 60.3 Å². The zero-order valence-corrected chi connectivity index (χ0v) is 12.2. The predicted molar refractivity (Wildman–Crippen MR) is 73.6 cm³/mol. The maximum atomic E-state index is 12.0. The summed E-state index contributed by atoms with van der Waals surface area (Å²) in [5.74, 6) is -0.652. The van der Waals surface area contributed by atoms with E-state index >= 15 is 0 Å². The van der Waals surface area contributed by atoms with Gasteiger partial charge in [-0.1, -0.05) is 40.0 Å². The van der Waals surface area contributed by atoms with Gasteiger partial charge < -0.3 is 16.3 Å². The molecule has 0 saturated heterocycles. The Labute approximate surface area is 110 Å². The van der Waals surface area contributed by atoms with Crippen LogP contribution in [0.15, 0.2) is 5.16 Å². The molecule has 18 heavy (non-hydrogen) atoms. The first-order valence-corrected chi connectivity index (χ1v) is 6.45. The molecule has 4 N–H and O–H groups in total. The van der Waals surface area contributed by atoms with Crippen molar-refractivity contribution >= 4 is 11.9 Å². The number of nitrogens with two attached hydrogens (primary N) is 2. The number of oxime groups is 1. The van der Waals surface area contributed by atoms with Gasteiger partial charge in [0.2, 0.25) is 5.96 Å². The topological polar surface area (TPSA) is 90.7 Å². The van der Waals surface area contributed by atoms with Gasteiger partial charge in [-0.05, 0) is 30.8 Å². The Hall–Kier alpha value is -1.26. The fraction of sp³-hybridized carbons (Fsp3) is 0.846. The fourth-order valence-corrected chi connectivity index (χ4v) is 1.61. The lowest BCUT2D eigenvalue weighted by Crippen LogP contribution is -2.40. The van der Waals surface area contributed by atoms with E-state index in [1.54, 1.807) is 0 Å². The Balaban J connectivity index is 4.66. The Morgan fingerprint density at radius 1 is 1.17 bits per heavy atom. The summed E-state index contributed by atoms with van der Waals surface area (Å²) in [6.07, 6.45) is 4.39. The highest BCUT2D eigenvalue weighted by molar-refractivity contribution is 5.79. The van der Waals surface area contributed by atoms with E-state index in [2.05, 4.69) is 25.9 Å². The molecule has 106 valence electrons.